The van der Waals surface area contributed by atoms with Gasteiger partial charge in [-0.15, -0.1) is 0 Å². The number of aliphatic hydroxyl groups is 1. The van der Waals surface area contributed by atoms with Crippen LogP contribution in [0.2, 0.25) is 0 Å². The van der Waals surface area contributed by atoms with E-state index >= 15 is 0 Å². The highest BCUT2D eigenvalue weighted by molar-refractivity contribution is 7.46. The van der Waals surface area contributed by atoms with Crippen LogP contribution in [0.25, 0.3) is 0 Å². The van der Waals surface area contributed by atoms with Crippen molar-refractivity contribution >= 4 is 21.9 Å². The molecule has 0 bridgehead atoms. The molecule has 0 aromatic heterocycles. The molecule has 0 aliphatic rings. The summed E-state index contributed by atoms with van der Waals surface area (Å²) in [5.41, 5.74) is 0. The minimum Gasteiger partial charge on any atom is -0.390 e. The summed E-state index contributed by atoms with van der Waals surface area (Å²) in [6.07, 6.45) is 15.5. The van der Waals surface area contributed by atoms with Gasteiger partial charge in [0.15, 0.2) is 0 Å². The fourth-order valence-electron chi connectivity index (χ4n) is 3.29. The molecule has 0 rings (SSSR count). The first-order valence-corrected chi connectivity index (χ1v) is 15.6. The van der Waals surface area contributed by atoms with Gasteiger partial charge in [0, 0.05) is 6.42 Å². The van der Waals surface area contributed by atoms with Gasteiger partial charge in [0.1, 0.15) is 12.4 Å². The molecule has 12 heteroatoms. The summed E-state index contributed by atoms with van der Waals surface area (Å²) in [5.74, 6) is 0. The molecular weight excluding hydrogens is 486 g/mol. The lowest BCUT2D eigenvalue weighted by atomic mass is 10.0. The van der Waals surface area contributed by atoms with Crippen LogP contribution in [0.1, 0.15) is 117 Å². The molecule has 0 amide bonds. The zero-order chi connectivity index (χ0) is 26.3. The molecule has 5 N–H and O–H groups in total. The maximum atomic E-state index is 11.0. The molecule has 0 aliphatic carbocycles. The molecule has 0 spiro atoms. The van der Waals surface area contributed by atoms with Crippen LogP contribution in [0.4, 0.5) is 0 Å². The Kier molecular flexibility index (Phi) is 24.6. The molecule has 206 valence electrons. The first kappa shape index (κ1) is 36.0. The lowest BCUT2D eigenvalue weighted by molar-refractivity contribution is -0.107. The van der Waals surface area contributed by atoms with E-state index in [-0.39, 0.29) is 6.42 Å². The number of carbonyl (C=O) groups excluding carboxylic acids is 1. The van der Waals surface area contributed by atoms with Gasteiger partial charge in [-0.1, -0.05) is 104 Å². The molecular formula is C22H48O10P2. The number of rotatable bonds is 22. The van der Waals surface area contributed by atoms with E-state index in [1.54, 1.807) is 0 Å². The van der Waals surface area contributed by atoms with Crippen LogP contribution in [-0.4, -0.2) is 49.8 Å². The lowest BCUT2D eigenvalue weighted by Gasteiger charge is -2.23. The number of aliphatic hydroxyl groups excluding tert-OH is 1. The van der Waals surface area contributed by atoms with Crippen molar-refractivity contribution in [3.63, 3.8) is 0 Å². The summed E-state index contributed by atoms with van der Waals surface area (Å²) in [7, 11) is -9.75. The number of hydrogen-bond acceptors (Lipinski definition) is 6. The predicted octanol–water partition coefficient (Wildman–Crippen LogP) is 5.40. The minimum atomic E-state index is -4.92. The second kappa shape index (κ2) is 23.3. The minimum absolute atomic E-state index is 0.202. The number of hydrogen-bond donors (Lipinski definition) is 5. The van der Waals surface area contributed by atoms with E-state index in [1.807, 2.05) is 6.92 Å². The highest BCUT2D eigenvalue weighted by atomic mass is 31.2. The van der Waals surface area contributed by atoms with Crippen LogP contribution in [0.15, 0.2) is 0 Å². The van der Waals surface area contributed by atoms with Gasteiger partial charge in [-0.25, -0.2) is 9.13 Å². The van der Waals surface area contributed by atoms with Crippen molar-refractivity contribution in [1.29, 1.82) is 0 Å². The van der Waals surface area contributed by atoms with Gasteiger partial charge in [0.05, 0.1) is 12.7 Å². The molecule has 0 aromatic rings. The van der Waals surface area contributed by atoms with Gasteiger partial charge in [-0.3, -0.25) is 9.05 Å². The fraction of sp³-hybridized carbons (Fsp3) is 0.955. The van der Waals surface area contributed by atoms with E-state index < -0.39 is 34.5 Å². The summed E-state index contributed by atoms with van der Waals surface area (Å²) >= 11 is 0. The fourth-order valence-corrected chi connectivity index (χ4v) is 4.19. The number of phosphoric ester groups is 2. The van der Waals surface area contributed by atoms with E-state index in [0.717, 1.165) is 25.5 Å². The summed E-state index contributed by atoms with van der Waals surface area (Å²) in [4.78, 5) is 44.4. The van der Waals surface area contributed by atoms with Crippen molar-refractivity contribution in [2.75, 3.05) is 6.61 Å². The van der Waals surface area contributed by atoms with Gasteiger partial charge >= 0.3 is 15.6 Å². The van der Waals surface area contributed by atoms with Crippen LogP contribution < -0.4 is 0 Å². The summed E-state index contributed by atoms with van der Waals surface area (Å²) in [6, 6.07) is 0. The van der Waals surface area contributed by atoms with E-state index in [9.17, 15) is 19.0 Å². The Morgan fingerprint density at radius 2 is 1.09 bits per heavy atom. The van der Waals surface area contributed by atoms with E-state index in [2.05, 4.69) is 16.0 Å². The zero-order valence-corrected chi connectivity index (χ0v) is 22.7. The van der Waals surface area contributed by atoms with Gasteiger partial charge in [0.2, 0.25) is 0 Å². The van der Waals surface area contributed by atoms with Crippen LogP contribution in [0.5, 0.6) is 0 Å². The van der Waals surface area contributed by atoms with Crippen molar-refractivity contribution in [3.8, 4) is 0 Å². The Morgan fingerprint density at radius 1 is 0.706 bits per heavy atom. The van der Waals surface area contributed by atoms with Gasteiger partial charge in [0.25, 0.3) is 0 Å². The maximum absolute atomic E-state index is 11.0. The summed E-state index contributed by atoms with van der Waals surface area (Å²) in [6.45, 7) is 3.23. The zero-order valence-electron chi connectivity index (χ0n) is 20.9. The van der Waals surface area contributed by atoms with Crippen molar-refractivity contribution in [1.82, 2.24) is 0 Å². The number of carbonyl (C=O) groups is 1. The standard InChI is InChI=1S/C19H42O9P2.C3H6O/c1-2-3-4-5-6-7-8-9-10-11-12-13-14-15-16-18(20)19(28-30(24,25)26)17-27-29(21,22)23;1-2-3-4/h18-20H,2-17H2,1H3,(H2,21,22,23)(H2,24,25,26);3H,2H2,1H3. The monoisotopic (exact) mass is 534 g/mol. The third kappa shape index (κ3) is 29.9. The van der Waals surface area contributed by atoms with Gasteiger partial charge in [-0.2, -0.15) is 0 Å². The average Bonchev–Trinajstić information content (AvgIpc) is 2.75. The molecule has 0 fully saturated rings. The Balaban J connectivity index is 0. The quantitative estimate of drug-likeness (QED) is 0.0688. The lowest BCUT2D eigenvalue weighted by Crippen LogP contribution is -2.32. The summed E-state index contributed by atoms with van der Waals surface area (Å²) < 4.78 is 30.4. The normalized spacial score (nSPS) is 13.7. The molecule has 10 nitrogen and oxygen atoms in total. The molecule has 34 heavy (non-hydrogen) atoms. The molecule has 0 heterocycles. The van der Waals surface area contributed by atoms with Crippen molar-refractivity contribution in [2.45, 2.75) is 129 Å². The SMILES string of the molecule is CCC=O.CCCCCCCCCCCCCCCCC(O)C(COP(=O)(O)O)OP(=O)(O)O. The molecule has 2 unspecified atom stereocenters. The number of aldehydes is 1. The van der Waals surface area contributed by atoms with Crippen molar-refractivity contribution in [3.05, 3.63) is 0 Å². The van der Waals surface area contributed by atoms with Crippen molar-refractivity contribution < 1.29 is 47.7 Å². The third-order valence-corrected chi connectivity index (χ3v) is 6.16. The second-order valence-corrected chi connectivity index (χ2v) is 10.9. The highest BCUT2D eigenvalue weighted by Crippen LogP contribution is 2.41. The molecule has 2 atom stereocenters. The number of phosphoric acid groups is 2. The molecule has 0 radical (unpaired) electrons. The second-order valence-electron chi connectivity index (χ2n) is 8.45. The molecule has 0 aromatic carbocycles. The van der Waals surface area contributed by atoms with Crippen LogP contribution in [-0.2, 0) is 23.0 Å². The Labute approximate surface area is 205 Å². The summed E-state index contributed by atoms with van der Waals surface area (Å²) in [5, 5.41) is 10.1. The van der Waals surface area contributed by atoms with E-state index in [4.69, 9.17) is 19.6 Å². The third-order valence-electron chi connectivity index (χ3n) is 5.13. The predicted molar refractivity (Wildman–Crippen MR) is 132 cm³/mol. The first-order chi connectivity index (χ1) is 16.0. The Morgan fingerprint density at radius 3 is 1.41 bits per heavy atom. The number of unbranched alkanes of at least 4 members (excludes halogenated alkanes) is 13. The van der Waals surface area contributed by atoms with E-state index in [0.29, 0.717) is 12.8 Å². The Hall–Kier alpha value is -0.150. The van der Waals surface area contributed by atoms with Gasteiger partial charge in [-0.05, 0) is 6.42 Å². The Bertz CT molecular complexity index is 550. The van der Waals surface area contributed by atoms with E-state index in [1.165, 1.54) is 64.2 Å². The largest absolute Gasteiger partial charge is 0.470 e. The van der Waals surface area contributed by atoms with Crippen LogP contribution in [0.3, 0.4) is 0 Å². The maximum Gasteiger partial charge on any atom is 0.470 e. The smallest absolute Gasteiger partial charge is 0.390 e. The molecule has 0 saturated heterocycles. The first-order valence-electron chi connectivity index (χ1n) is 12.5. The van der Waals surface area contributed by atoms with Gasteiger partial charge < -0.3 is 29.5 Å². The highest BCUT2D eigenvalue weighted by Gasteiger charge is 2.30. The van der Waals surface area contributed by atoms with Crippen molar-refractivity contribution in [2.24, 2.45) is 0 Å². The average molecular weight is 535 g/mol. The topological polar surface area (TPSA) is 171 Å². The molecule has 0 aliphatic heterocycles. The van der Waals surface area contributed by atoms with Crippen LogP contribution in [0, 0.1) is 0 Å². The molecule has 0 saturated carbocycles. The van der Waals surface area contributed by atoms with Crippen LogP contribution >= 0.6 is 15.6 Å².